The predicted octanol–water partition coefficient (Wildman–Crippen LogP) is 2.82. The lowest BCUT2D eigenvalue weighted by atomic mass is 10.0. The van der Waals surface area contributed by atoms with Crippen molar-refractivity contribution in [3.63, 3.8) is 0 Å². The second-order valence-corrected chi connectivity index (χ2v) is 8.23. The number of rotatable bonds is 2. The second-order valence-electron chi connectivity index (χ2n) is 6.34. The maximum atomic E-state index is 12.6. The molecular formula is C14H23ClN2O2S. The number of anilines is 2. The molecule has 0 unspecified atom stereocenters. The second kappa shape index (κ2) is 5.82. The van der Waals surface area contributed by atoms with E-state index in [1.807, 2.05) is 39.0 Å². The molecule has 2 rings (SSSR count). The van der Waals surface area contributed by atoms with Crippen LogP contribution in [0.2, 0.25) is 0 Å². The van der Waals surface area contributed by atoms with Crippen LogP contribution in [0.25, 0.3) is 0 Å². The highest BCUT2D eigenvalue weighted by molar-refractivity contribution is 7.92. The first kappa shape index (κ1) is 17.1. The number of hydrogen-bond donors (Lipinski definition) is 1. The smallest absolute Gasteiger partial charge is 0.235 e. The van der Waals surface area contributed by atoms with Gasteiger partial charge in [-0.3, -0.25) is 4.31 Å². The Kier molecular flexibility index (Phi) is 4.98. The molecule has 114 valence electrons. The molecule has 1 aliphatic rings. The fourth-order valence-corrected chi connectivity index (χ4v) is 4.66. The van der Waals surface area contributed by atoms with E-state index in [1.54, 1.807) is 0 Å². The highest BCUT2D eigenvalue weighted by Gasteiger charge is 2.31. The van der Waals surface area contributed by atoms with E-state index in [1.165, 1.54) is 4.31 Å². The van der Waals surface area contributed by atoms with Crippen LogP contribution >= 0.6 is 12.4 Å². The van der Waals surface area contributed by atoms with Crippen LogP contribution in [0.5, 0.6) is 0 Å². The van der Waals surface area contributed by atoms with E-state index in [4.69, 9.17) is 5.73 Å². The van der Waals surface area contributed by atoms with Crippen molar-refractivity contribution >= 4 is 33.8 Å². The van der Waals surface area contributed by atoms with Crippen molar-refractivity contribution < 1.29 is 8.42 Å². The Morgan fingerprint density at radius 1 is 1.30 bits per heavy atom. The minimum absolute atomic E-state index is 0. The number of benzene rings is 1. The summed E-state index contributed by atoms with van der Waals surface area (Å²) in [5.74, 6) is 0.147. The molecule has 20 heavy (non-hydrogen) atoms. The van der Waals surface area contributed by atoms with Gasteiger partial charge in [0.2, 0.25) is 10.0 Å². The number of hydrogen-bond acceptors (Lipinski definition) is 3. The predicted molar refractivity (Wildman–Crippen MR) is 87.0 cm³/mol. The molecule has 0 saturated heterocycles. The monoisotopic (exact) mass is 318 g/mol. The van der Waals surface area contributed by atoms with Gasteiger partial charge in [-0.25, -0.2) is 8.42 Å². The molecule has 0 aliphatic carbocycles. The average molecular weight is 319 g/mol. The minimum atomic E-state index is -3.29. The maximum Gasteiger partial charge on any atom is 0.235 e. The van der Waals surface area contributed by atoms with Crippen LogP contribution in [0.3, 0.4) is 0 Å². The molecule has 0 saturated carbocycles. The fourth-order valence-electron chi connectivity index (χ4n) is 2.53. The molecule has 6 heteroatoms. The summed E-state index contributed by atoms with van der Waals surface area (Å²) >= 11 is 0. The number of nitrogens with two attached hydrogens (primary N) is 1. The summed E-state index contributed by atoms with van der Waals surface area (Å²) < 4.78 is 26.7. The van der Waals surface area contributed by atoms with E-state index in [2.05, 4.69) is 0 Å². The van der Waals surface area contributed by atoms with E-state index >= 15 is 0 Å². The Hall–Kier alpha value is -0.940. The molecule has 0 aromatic heterocycles. The summed E-state index contributed by atoms with van der Waals surface area (Å²) in [6, 6.07) is 5.50. The standard InChI is InChI=1S/C14H22N2O2S.ClH/c1-14(2,3)10-19(17,18)16-9-5-6-11-12(15)7-4-8-13(11)16;/h4,7-8H,5-6,9-10,15H2,1-3H3;1H. The highest BCUT2D eigenvalue weighted by atomic mass is 35.5. The largest absolute Gasteiger partial charge is 0.398 e. The van der Waals surface area contributed by atoms with Gasteiger partial charge in [0.05, 0.1) is 11.4 Å². The van der Waals surface area contributed by atoms with Gasteiger partial charge in [0.15, 0.2) is 0 Å². The molecule has 1 aromatic carbocycles. The van der Waals surface area contributed by atoms with Gasteiger partial charge in [-0.05, 0) is 36.0 Å². The molecule has 0 bridgehead atoms. The molecule has 0 amide bonds. The van der Waals surface area contributed by atoms with Crippen molar-refractivity contribution in [2.75, 3.05) is 22.3 Å². The van der Waals surface area contributed by atoms with Crippen molar-refractivity contribution in [3.05, 3.63) is 23.8 Å². The number of fused-ring (bicyclic) bond motifs is 1. The van der Waals surface area contributed by atoms with Gasteiger partial charge in [-0.2, -0.15) is 0 Å². The van der Waals surface area contributed by atoms with Crippen LogP contribution in [0.4, 0.5) is 11.4 Å². The molecule has 4 nitrogen and oxygen atoms in total. The van der Waals surface area contributed by atoms with Gasteiger partial charge in [0, 0.05) is 12.2 Å². The zero-order valence-electron chi connectivity index (χ0n) is 12.2. The van der Waals surface area contributed by atoms with Gasteiger partial charge in [-0.15, -0.1) is 12.4 Å². The quantitative estimate of drug-likeness (QED) is 0.853. The van der Waals surface area contributed by atoms with Crippen molar-refractivity contribution in [2.24, 2.45) is 5.41 Å². The van der Waals surface area contributed by atoms with Crippen LogP contribution in [-0.2, 0) is 16.4 Å². The normalized spacial score (nSPS) is 15.4. The van der Waals surface area contributed by atoms with E-state index < -0.39 is 10.0 Å². The van der Waals surface area contributed by atoms with Gasteiger partial charge in [0.1, 0.15) is 0 Å². The summed E-state index contributed by atoms with van der Waals surface area (Å²) in [5, 5.41) is 0. The van der Waals surface area contributed by atoms with E-state index in [0.717, 1.165) is 24.1 Å². The number of halogens is 1. The van der Waals surface area contributed by atoms with Crippen LogP contribution in [0, 0.1) is 5.41 Å². The molecule has 0 fully saturated rings. The molecule has 2 N–H and O–H groups in total. The highest BCUT2D eigenvalue weighted by Crippen LogP contribution is 2.34. The topological polar surface area (TPSA) is 63.4 Å². The van der Waals surface area contributed by atoms with Crippen LogP contribution in [0.15, 0.2) is 18.2 Å². The minimum Gasteiger partial charge on any atom is -0.398 e. The Morgan fingerprint density at radius 3 is 2.55 bits per heavy atom. The maximum absolute atomic E-state index is 12.6. The first-order valence-corrected chi connectivity index (χ1v) is 8.19. The van der Waals surface area contributed by atoms with E-state index in [9.17, 15) is 8.42 Å². The third-order valence-corrected chi connectivity index (χ3v) is 5.48. The lowest BCUT2D eigenvalue weighted by Gasteiger charge is -2.33. The molecule has 1 aromatic rings. The summed E-state index contributed by atoms with van der Waals surface area (Å²) in [6.07, 6.45) is 1.67. The number of nitrogens with zero attached hydrogens (tertiary/aromatic N) is 1. The Bertz CT molecular complexity index is 579. The summed E-state index contributed by atoms with van der Waals surface area (Å²) in [6.45, 7) is 6.37. The third kappa shape index (κ3) is 3.58. The third-order valence-electron chi connectivity index (χ3n) is 3.20. The number of nitrogen functional groups attached to an aromatic ring is 1. The number of sulfonamides is 1. The van der Waals surface area contributed by atoms with E-state index in [-0.39, 0.29) is 23.6 Å². The van der Waals surface area contributed by atoms with Gasteiger partial charge in [0.25, 0.3) is 0 Å². The van der Waals surface area contributed by atoms with Crippen molar-refractivity contribution in [2.45, 2.75) is 33.6 Å². The molecule has 1 heterocycles. The molecule has 1 aliphatic heterocycles. The molecular weight excluding hydrogens is 296 g/mol. The molecule has 0 atom stereocenters. The average Bonchev–Trinajstić information content (AvgIpc) is 2.25. The van der Waals surface area contributed by atoms with Gasteiger partial charge >= 0.3 is 0 Å². The van der Waals surface area contributed by atoms with Crippen molar-refractivity contribution in [3.8, 4) is 0 Å². The summed E-state index contributed by atoms with van der Waals surface area (Å²) in [4.78, 5) is 0. The first-order chi connectivity index (χ1) is 8.71. The van der Waals surface area contributed by atoms with Crippen molar-refractivity contribution in [1.82, 2.24) is 0 Å². The Labute approximate surface area is 127 Å². The van der Waals surface area contributed by atoms with Crippen LogP contribution in [0.1, 0.15) is 32.8 Å². The zero-order valence-corrected chi connectivity index (χ0v) is 13.9. The fraction of sp³-hybridized carbons (Fsp3) is 0.571. The Morgan fingerprint density at radius 2 is 1.95 bits per heavy atom. The van der Waals surface area contributed by atoms with Crippen molar-refractivity contribution in [1.29, 1.82) is 0 Å². The van der Waals surface area contributed by atoms with Crippen LogP contribution in [-0.4, -0.2) is 20.7 Å². The molecule has 0 radical (unpaired) electrons. The first-order valence-electron chi connectivity index (χ1n) is 6.58. The van der Waals surface area contributed by atoms with Gasteiger partial charge < -0.3 is 5.73 Å². The Balaban J connectivity index is 0.00000200. The molecule has 0 spiro atoms. The summed E-state index contributed by atoms with van der Waals surface area (Å²) in [7, 11) is -3.29. The SMILES string of the molecule is CC(C)(C)CS(=O)(=O)N1CCCc2c(N)cccc21.Cl. The van der Waals surface area contributed by atoms with Crippen LogP contribution < -0.4 is 10.0 Å². The van der Waals surface area contributed by atoms with Gasteiger partial charge in [-0.1, -0.05) is 26.8 Å². The van der Waals surface area contributed by atoms with E-state index in [0.29, 0.717) is 12.2 Å². The zero-order chi connectivity index (χ0) is 14.3. The summed E-state index contributed by atoms with van der Waals surface area (Å²) in [5.41, 5.74) is 8.11. The lowest BCUT2D eigenvalue weighted by molar-refractivity contribution is 0.460. The lowest BCUT2D eigenvalue weighted by Crippen LogP contribution is -2.40.